The molecule has 22 heavy (non-hydrogen) atoms. The fraction of sp³-hybridized carbons (Fsp3) is 0.588. The predicted molar refractivity (Wildman–Crippen MR) is 88.5 cm³/mol. The van der Waals surface area contributed by atoms with Gasteiger partial charge in [-0.3, -0.25) is 10.2 Å². The molecule has 2 fully saturated rings. The van der Waals surface area contributed by atoms with Crippen molar-refractivity contribution in [2.24, 2.45) is 5.92 Å². The van der Waals surface area contributed by atoms with Gasteiger partial charge in [0.05, 0.1) is 0 Å². The van der Waals surface area contributed by atoms with Crippen molar-refractivity contribution in [3.63, 3.8) is 0 Å². The molecular weight excluding hydrogens is 276 g/mol. The second-order valence-electron chi connectivity index (χ2n) is 6.42. The quantitative estimate of drug-likeness (QED) is 0.664. The molecule has 5 heteroatoms. The SMILES string of the molecule is CN(CCCNC(=O)C1CC(C2CC2)NN1)c1ccccc1. The van der Waals surface area contributed by atoms with Crippen molar-refractivity contribution in [1.82, 2.24) is 16.2 Å². The van der Waals surface area contributed by atoms with E-state index in [4.69, 9.17) is 0 Å². The van der Waals surface area contributed by atoms with Gasteiger partial charge < -0.3 is 10.2 Å². The zero-order valence-corrected chi connectivity index (χ0v) is 13.2. The van der Waals surface area contributed by atoms with Gasteiger partial charge in [0.1, 0.15) is 6.04 Å². The molecule has 1 aromatic carbocycles. The zero-order valence-electron chi connectivity index (χ0n) is 13.2. The maximum atomic E-state index is 12.1. The minimum absolute atomic E-state index is 0.0718. The number of para-hydroxylation sites is 1. The van der Waals surface area contributed by atoms with Crippen LogP contribution in [0.15, 0.2) is 30.3 Å². The lowest BCUT2D eigenvalue weighted by atomic mass is 10.1. The Kier molecular flexibility index (Phi) is 4.95. The summed E-state index contributed by atoms with van der Waals surface area (Å²) >= 11 is 0. The van der Waals surface area contributed by atoms with Gasteiger partial charge in [0.15, 0.2) is 0 Å². The average Bonchev–Trinajstić information content (AvgIpc) is 3.29. The highest BCUT2D eigenvalue weighted by Gasteiger charge is 2.38. The number of carbonyl (C=O) groups is 1. The van der Waals surface area contributed by atoms with Gasteiger partial charge in [0, 0.05) is 31.9 Å². The van der Waals surface area contributed by atoms with Crippen LogP contribution in [-0.2, 0) is 4.79 Å². The molecule has 2 aliphatic rings. The Morgan fingerprint density at radius 1 is 1.27 bits per heavy atom. The summed E-state index contributed by atoms with van der Waals surface area (Å²) in [6.07, 6.45) is 4.47. The molecule has 1 heterocycles. The van der Waals surface area contributed by atoms with E-state index in [1.54, 1.807) is 0 Å². The maximum Gasteiger partial charge on any atom is 0.238 e. The lowest BCUT2D eigenvalue weighted by molar-refractivity contribution is -0.122. The number of amides is 1. The summed E-state index contributed by atoms with van der Waals surface area (Å²) in [6, 6.07) is 10.7. The van der Waals surface area contributed by atoms with Gasteiger partial charge in [0.25, 0.3) is 0 Å². The molecule has 5 nitrogen and oxygen atoms in total. The summed E-state index contributed by atoms with van der Waals surface area (Å²) in [5.74, 6) is 0.905. The first-order valence-corrected chi connectivity index (χ1v) is 8.29. The van der Waals surface area contributed by atoms with E-state index in [1.807, 2.05) is 18.2 Å². The standard InChI is InChI=1S/C17H26N4O/c1-21(14-6-3-2-4-7-14)11-5-10-18-17(22)16-12-15(19-20-16)13-8-9-13/h2-4,6-7,13,15-16,19-20H,5,8-12H2,1H3,(H,18,22). The van der Waals surface area contributed by atoms with Crippen LogP contribution in [0.25, 0.3) is 0 Å². The zero-order chi connectivity index (χ0) is 15.4. The smallest absolute Gasteiger partial charge is 0.238 e. The first-order chi connectivity index (χ1) is 10.7. The Balaban J connectivity index is 1.32. The van der Waals surface area contributed by atoms with E-state index < -0.39 is 0 Å². The number of hydrogen-bond acceptors (Lipinski definition) is 4. The fourth-order valence-corrected chi connectivity index (χ4v) is 3.02. The summed E-state index contributed by atoms with van der Waals surface area (Å²) in [7, 11) is 2.08. The number of hydrazine groups is 1. The third kappa shape index (κ3) is 3.99. The van der Waals surface area contributed by atoms with Crippen LogP contribution in [0.1, 0.15) is 25.7 Å². The second-order valence-corrected chi connectivity index (χ2v) is 6.42. The van der Waals surface area contributed by atoms with E-state index in [0.29, 0.717) is 6.04 Å². The summed E-state index contributed by atoms with van der Waals surface area (Å²) in [4.78, 5) is 14.3. The Morgan fingerprint density at radius 3 is 2.77 bits per heavy atom. The highest BCUT2D eigenvalue weighted by Crippen LogP contribution is 2.35. The topological polar surface area (TPSA) is 56.4 Å². The Bertz CT molecular complexity index is 489. The van der Waals surface area contributed by atoms with Gasteiger partial charge in [-0.1, -0.05) is 18.2 Å². The first kappa shape index (κ1) is 15.3. The van der Waals surface area contributed by atoms with E-state index >= 15 is 0 Å². The molecule has 1 aromatic rings. The molecule has 3 rings (SSSR count). The number of carbonyl (C=O) groups excluding carboxylic acids is 1. The van der Waals surface area contributed by atoms with Crippen molar-refractivity contribution >= 4 is 11.6 Å². The molecule has 1 saturated heterocycles. The van der Waals surface area contributed by atoms with Crippen LogP contribution < -0.4 is 21.1 Å². The second kappa shape index (κ2) is 7.11. The Hall–Kier alpha value is -1.59. The summed E-state index contributed by atoms with van der Waals surface area (Å²) in [5, 5.41) is 3.04. The largest absolute Gasteiger partial charge is 0.375 e. The number of rotatable bonds is 7. The molecule has 1 aliphatic heterocycles. The molecule has 0 aromatic heterocycles. The predicted octanol–water partition coefficient (Wildman–Crippen LogP) is 1.27. The molecule has 3 N–H and O–H groups in total. The van der Waals surface area contributed by atoms with Crippen molar-refractivity contribution in [2.45, 2.75) is 37.8 Å². The monoisotopic (exact) mass is 302 g/mol. The van der Waals surface area contributed by atoms with E-state index in [9.17, 15) is 4.79 Å². The molecule has 120 valence electrons. The number of hydrogen-bond donors (Lipinski definition) is 3. The molecule has 2 unspecified atom stereocenters. The van der Waals surface area contributed by atoms with E-state index in [2.05, 4.69) is 40.2 Å². The van der Waals surface area contributed by atoms with Crippen LogP contribution in [0, 0.1) is 5.92 Å². The minimum atomic E-state index is -0.0718. The lowest BCUT2D eigenvalue weighted by Crippen LogP contribution is -2.44. The van der Waals surface area contributed by atoms with Gasteiger partial charge in [-0.05, 0) is 43.7 Å². The van der Waals surface area contributed by atoms with Crippen LogP contribution in [0.3, 0.4) is 0 Å². The van der Waals surface area contributed by atoms with Gasteiger partial charge in [-0.15, -0.1) is 0 Å². The lowest BCUT2D eigenvalue weighted by Gasteiger charge is -2.19. The van der Waals surface area contributed by atoms with Gasteiger partial charge >= 0.3 is 0 Å². The van der Waals surface area contributed by atoms with Gasteiger partial charge in [-0.2, -0.15) is 0 Å². The van der Waals surface area contributed by atoms with Crippen molar-refractivity contribution in [3.05, 3.63) is 30.3 Å². The summed E-state index contributed by atoms with van der Waals surface area (Å²) in [5.41, 5.74) is 7.60. The fourth-order valence-electron chi connectivity index (χ4n) is 3.02. The van der Waals surface area contributed by atoms with Gasteiger partial charge in [-0.25, -0.2) is 5.43 Å². The Labute approximate surface area is 132 Å². The highest BCUT2D eigenvalue weighted by molar-refractivity contribution is 5.82. The third-order valence-corrected chi connectivity index (χ3v) is 4.61. The van der Waals surface area contributed by atoms with Crippen LogP contribution >= 0.6 is 0 Å². The van der Waals surface area contributed by atoms with Crippen molar-refractivity contribution in [3.8, 4) is 0 Å². The first-order valence-electron chi connectivity index (χ1n) is 8.29. The van der Waals surface area contributed by atoms with Crippen molar-refractivity contribution in [1.29, 1.82) is 0 Å². The van der Waals surface area contributed by atoms with Crippen LogP contribution in [0.5, 0.6) is 0 Å². The number of anilines is 1. The van der Waals surface area contributed by atoms with E-state index in [-0.39, 0.29) is 11.9 Å². The molecule has 0 radical (unpaired) electrons. The highest BCUT2D eigenvalue weighted by atomic mass is 16.2. The normalized spacial score (nSPS) is 24.2. The van der Waals surface area contributed by atoms with Crippen LogP contribution in [0.2, 0.25) is 0 Å². The van der Waals surface area contributed by atoms with E-state index in [0.717, 1.165) is 31.8 Å². The average molecular weight is 302 g/mol. The molecule has 1 amide bonds. The molecular formula is C17H26N4O. The third-order valence-electron chi connectivity index (χ3n) is 4.61. The maximum absolute atomic E-state index is 12.1. The van der Waals surface area contributed by atoms with Crippen LogP contribution in [-0.4, -0.2) is 38.1 Å². The minimum Gasteiger partial charge on any atom is -0.375 e. The summed E-state index contributed by atoms with van der Waals surface area (Å²) in [6.45, 7) is 1.66. The summed E-state index contributed by atoms with van der Waals surface area (Å²) < 4.78 is 0. The number of benzene rings is 1. The van der Waals surface area contributed by atoms with E-state index in [1.165, 1.54) is 18.5 Å². The van der Waals surface area contributed by atoms with Gasteiger partial charge in [0.2, 0.25) is 5.91 Å². The van der Waals surface area contributed by atoms with Crippen molar-refractivity contribution < 1.29 is 4.79 Å². The molecule has 1 saturated carbocycles. The molecule has 0 bridgehead atoms. The molecule has 2 atom stereocenters. The molecule has 0 spiro atoms. The number of nitrogens with one attached hydrogen (secondary N) is 3. The Morgan fingerprint density at radius 2 is 2.05 bits per heavy atom. The van der Waals surface area contributed by atoms with Crippen molar-refractivity contribution in [2.75, 3.05) is 25.0 Å². The van der Waals surface area contributed by atoms with Crippen LogP contribution in [0.4, 0.5) is 5.69 Å². The number of nitrogens with zero attached hydrogens (tertiary/aromatic N) is 1. The molecule has 1 aliphatic carbocycles.